The van der Waals surface area contributed by atoms with Crippen LogP contribution in [0.1, 0.15) is 12.5 Å². The Hall–Kier alpha value is -2.74. The van der Waals surface area contributed by atoms with Crippen molar-refractivity contribution < 1.29 is 18.3 Å². The van der Waals surface area contributed by atoms with Crippen molar-refractivity contribution in [3.8, 4) is 11.5 Å². The summed E-state index contributed by atoms with van der Waals surface area (Å²) >= 11 is 5.19. The second-order valence-corrected chi connectivity index (χ2v) is 5.27. The molecule has 2 aromatic rings. The molecule has 5 nitrogen and oxygen atoms in total. The summed E-state index contributed by atoms with van der Waals surface area (Å²) in [4.78, 5) is 0. The maximum atomic E-state index is 12.1. The van der Waals surface area contributed by atoms with Gasteiger partial charge >= 0.3 is 6.61 Å². The normalized spacial score (nSPS) is 11.2. The average molecular weight is 365 g/mol. The van der Waals surface area contributed by atoms with Crippen molar-refractivity contribution in [3.63, 3.8) is 0 Å². The number of alkyl halides is 2. The minimum atomic E-state index is -2.85. The summed E-state index contributed by atoms with van der Waals surface area (Å²) < 4.78 is 33.8. The second-order valence-electron chi connectivity index (χ2n) is 4.87. The Morgan fingerprint density at radius 1 is 1.12 bits per heavy atom. The zero-order valence-electron chi connectivity index (χ0n) is 13.6. The van der Waals surface area contributed by atoms with E-state index in [0.717, 1.165) is 5.56 Å². The van der Waals surface area contributed by atoms with Gasteiger partial charge in [0.05, 0.1) is 18.5 Å². The van der Waals surface area contributed by atoms with Crippen LogP contribution in [-0.2, 0) is 0 Å². The van der Waals surface area contributed by atoms with Crippen LogP contribution < -0.4 is 20.2 Å². The number of methoxy groups -OCH3 is 1. The van der Waals surface area contributed by atoms with E-state index in [1.165, 1.54) is 12.1 Å². The highest BCUT2D eigenvalue weighted by molar-refractivity contribution is 7.80. The number of nitrogens with zero attached hydrogens (tertiary/aromatic N) is 1. The van der Waals surface area contributed by atoms with E-state index < -0.39 is 6.61 Å². The summed E-state index contributed by atoms with van der Waals surface area (Å²) in [6, 6.07) is 13.5. The molecule has 0 bridgehead atoms. The van der Waals surface area contributed by atoms with Crippen LogP contribution in [0.25, 0.3) is 0 Å². The minimum Gasteiger partial charge on any atom is -0.495 e. The predicted octanol–water partition coefficient (Wildman–Crippen LogP) is 4.01. The summed E-state index contributed by atoms with van der Waals surface area (Å²) in [5, 5.41) is 7.45. The number of para-hydroxylation sites is 2. The summed E-state index contributed by atoms with van der Waals surface area (Å²) in [7, 11) is 1.57. The van der Waals surface area contributed by atoms with E-state index in [-0.39, 0.29) is 5.75 Å². The molecule has 0 fully saturated rings. The van der Waals surface area contributed by atoms with Crippen molar-refractivity contribution >= 4 is 28.7 Å². The van der Waals surface area contributed by atoms with Gasteiger partial charge < -0.3 is 14.8 Å². The lowest BCUT2D eigenvalue weighted by molar-refractivity contribution is -0.0498. The quantitative estimate of drug-likeness (QED) is 0.460. The monoisotopic (exact) mass is 365 g/mol. The molecule has 25 heavy (non-hydrogen) atoms. The molecule has 8 heteroatoms. The highest BCUT2D eigenvalue weighted by Crippen LogP contribution is 2.22. The largest absolute Gasteiger partial charge is 0.495 e. The molecule has 132 valence electrons. The van der Waals surface area contributed by atoms with Crippen molar-refractivity contribution in [1.82, 2.24) is 5.43 Å². The third kappa shape index (κ3) is 5.68. The molecule has 0 saturated heterocycles. The van der Waals surface area contributed by atoms with Crippen LogP contribution in [0.3, 0.4) is 0 Å². The van der Waals surface area contributed by atoms with Gasteiger partial charge in [-0.15, -0.1) is 0 Å². The van der Waals surface area contributed by atoms with Crippen molar-refractivity contribution in [2.45, 2.75) is 13.5 Å². The molecule has 2 rings (SSSR count). The number of benzene rings is 2. The van der Waals surface area contributed by atoms with Crippen molar-refractivity contribution in [3.05, 3.63) is 54.1 Å². The third-order valence-corrected chi connectivity index (χ3v) is 3.37. The summed E-state index contributed by atoms with van der Waals surface area (Å²) in [6.07, 6.45) is 0. The van der Waals surface area contributed by atoms with Crippen LogP contribution in [0.2, 0.25) is 0 Å². The number of hydrogen-bond acceptors (Lipinski definition) is 4. The number of halogens is 2. The topological polar surface area (TPSA) is 54.9 Å². The molecule has 0 aliphatic heterocycles. The fourth-order valence-corrected chi connectivity index (χ4v) is 2.13. The molecule has 0 saturated carbocycles. The van der Waals surface area contributed by atoms with Gasteiger partial charge in [-0.25, -0.2) is 0 Å². The molecular formula is C17H17F2N3O2S. The fourth-order valence-electron chi connectivity index (χ4n) is 1.97. The number of nitrogens with one attached hydrogen (secondary N) is 2. The Labute approximate surface area is 149 Å². The van der Waals surface area contributed by atoms with Gasteiger partial charge in [-0.2, -0.15) is 13.9 Å². The van der Waals surface area contributed by atoms with Crippen molar-refractivity contribution in [1.29, 1.82) is 0 Å². The van der Waals surface area contributed by atoms with Crippen LogP contribution in [0.15, 0.2) is 53.6 Å². The molecular weight excluding hydrogens is 348 g/mol. The molecule has 2 N–H and O–H groups in total. The van der Waals surface area contributed by atoms with Gasteiger partial charge in [-0.05, 0) is 61.1 Å². The zero-order chi connectivity index (χ0) is 18.2. The van der Waals surface area contributed by atoms with E-state index in [0.29, 0.717) is 22.3 Å². The lowest BCUT2D eigenvalue weighted by Crippen LogP contribution is -2.25. The number of ether oxygens (including phenoxy) is 2. The Kier molecular flexibility index (Phi) is 6.64. The number of thiocarbonyl (C=S) groups is 1. The smallest absolute Gasteiger partial charge is 0.387 e. The number of rotatable bonds is 6. The van der Waals surface area contributed by atoms with E-state index in [9.17, 15) is 8.78 Å². The van der Waals surface area contributed by atoms with E-state index in [2.05, 4.69) is 20.6 Å². The van der Waals surface area contributed by atoms with Gasteiger partial charge in [-0.3, -0.25) is 5.43 Å². The first-order valence-electron chi connectivity index (χ1n) is 7.29. The Morgan fingerprint density at radius 2 is 1.80 bits per heavy atom. The molecule has 2 aromatic carbocycles. The molecule has 0 aliphatic carbocycles. The Bertz CT molecular complexity index is 752. The van der Waals surface area contributed by atoms with E-state index >= 15 is 0 Å². The molecule has 0 aliphatic rings. The van der Waals surface area contributed by atoms with E-state index in [1.807, 2.05) is 24.3 Å². The highest BCUT2D eigenvalue weighted by atomic mass is 32.1. The van der Waals surface area contributed by atoms with Crippen LogP contribution in [0, 0.1) is 0 Å². The molecule has 0 aromatic heterocycles. The standard InChI is InChI=1S/C17H17F2N3O2S/c1-11(12-7-9-13(10-8-12)24-16(18)19)21-22-17(25)20-14-5-3-4-6-15(14)23-2/h3-10,16H,1-2H3,(H2,20,22,25)/b21-11+. The maximum absolute atomic E-state index is 12.1. The average Bonchev–Trinajstić information content (AvgIpc) is 2.60. The molecule has 0 radical (unpaired) electrons. The van der Waals surface area contributed by atoms with Gasteiger partial charge in [-0.1, -0.05) is 12.1 Å². The lowest BCUT2D eigenvalue weighted by Gasteiger charge is -2.11. The third-order valence-electron chi connectivity index (χ3n) is 3.18. The summed E-state index contributed by atoms with van der Waals surface area (Å²) in [6.45, 7) is -1.08. The first kappa shape index (κ1) is 18.6. The molecule has 0 spiro atoms. The number of hydrazone groups is 1. The zero-order valence-corrected chi connectivity index (χ0v) is 14.4. The highest BCUT2D eigenvalue weighted by Gasteiger charge is 2.06. The first-order chi connectivity index (χ1) is 12.0. The molecule has 0 heterocycles. The van der Waals surface area contributed by atoms with Gasteiger partial charge in [0.15, 0.2) is 5.11 Å². The number of anilines is 1. The van der Waals surface area contributed by atoms with E-state index in [1.54, 1.807) is 26.2 Å². The minimum absolute atomic E-state index is 0.0906. The van der Waals surface area contributed by atoms with Crippen LogP contribution >= 0.6 is 12.2 Å². The maximum Gasteiger partial charge on any atom is 0.387 e. The first-order valence-corrected chi connectivity index (χ1v) is 7.70. The van der Waals surface area contributed by atoms with E-state index in [4.69, 9.17) is 17.0 Å². The summed E-state index contributed by atoms with van der Waals surface area (Å²) in [5.74, 6) is 0.745. The van der Waals surface area contributed by atoms with Crippen LogP contribution in [-0.4, -0.2) is 24.5 Å². The second kappa shape index (κ2) is 8.93. The fraction of sp³-hybridized carbons (Fsp3) is 0.176. The van der Waals surface area contributed by atoms with Gasteiger partial charge in [0.25, 0.3) is 0 Å². The van der Waals surface area contributed by atoms with Crippen LogP contribution in [0.4, 0.5) is 14.5 Å². The molecule has 0 unspecified atom stereocenters. The van der Waals surface area contributed by atoms with Crippen LogP contribution in [0.5, 0.6) is 11.5 Å². The molecule has 0 amide bonds. The van der Waals surface area contributed by atoms with Gasteiger partial charge in [0.2, 0.25) is 0 Å². The van der Waals surface area contributed by atoms with Crippen molar-refractivity contribution in [2.75, 3.05) is 12.4 Å². The van der Waals surface area contributed by atoms with Gasteiger partial charge in [0, 0.05) is 0 Å². The SMILES string of the molecule is COc1ccccc1NC(=S)N/N=C(\C)c1ccc(OC(F)F)cc1. The lowest BCUT2D eigenvalue weighted by atomic mass is 10.1. The Morgan fingerprint density at radius 3 is 2.44 bits per heavy atom. The number of hydrogen-bond donors (Lipinski definition) is 2. The Balaban J connectivity index is 1.97. The summed E-state index contributed by atoms with van der Waals surface area (Å²) in [5.41, 5.74) is 4.82. The predicted molar refractivity (Wildman–Crippen MR) is 97.6 cm³/mol. The van der Waals surface area contributed by atoms with Gasteiger partial charge in [0.1, 0.15) is 11.5 Å². The van der Waals surface area contributed by atoms with Crippen molar-refractivity contribution in [2.24, 2.45) is 5.10 Å². The molecule has 0 atom stereocenters.